The number of ether oxygens (including phenoxy) is 2. The van der Waals surface area contributed by atoms with Crippen LogP contribution < -0.4 is 4.74 Å². The van der Waals surface area contributed by atoms with Crippen LogP contribution in [0.2, 0.25) is 0 Å². The minimum absolute atomic E-state index is 0.139. The van der Waals surface area contributed by atoms with E-state index in [9.17, 15) is 4.79 Å². The summed E-state index contributed by atoms with van der Waals surface area (Å²) in [5, 5.41) is 0. The van der Waals surface area contributed by atoms with Crippen LogP contribution in [-0.4, -0.2) is 19.2 Å². The van der Waals surface area contributed by atoms with Crippen molar-refractivity contribution in [3.05, 3.63) is 64.7 Å². The van der Waals surface area contributed by atoms with E-state index in [-0.39, 0.29) is 5.97 Å². The molecule has 0 atom stereocenters. The summed E-state index contributed by atoms with van der Waals surface area (Å²) in [7, 11) is 0. The van der Waals surface area contributed by atoms with E-state index >= 15 is 0 Å². The molecule has 0 radical (unpaired) electrons. The molecule has 1 aliphatic rings. The monoisotopic (exact) mass is 378 g/mol. The molecular weight excluding hydrogens is 348 g/mol. The van der Waals surface area contributed by atoms with Crippen molar-refractivity contribution in [2.45, 2.75) is 47.0 Å². The van der Waals surface area contributed by atoms with E-state index in [1.165, 1.54) is 27.8 Å². The van der Waals surface area contributed by atoms with Gasteiger partial charge in [-0.05, 0) is 73.6 Å². The third kappa shape index (κ3) is 4.64. The van der Waals surface area contributed by atoms with Crippen LogP contribution in [0, 0.1) is 12.3 Å². The van der Waals surface area contributed by atoms with Gasteiger partial charge in [0, 0.05) is 6.42 Å². The van der Waals surface area contributed by atoms with Gasteiger partial charge in [-0.2, -0.15) is 0 Å². The van der Waals surface area contributed by atoms with Crippen molar-refractivity contribution >= 4 is 17.6 Å². The molecule has 0 bridgehead atoms. The normalized spacial score (nSPS) is 13.1. The molecular formula is C25H30O3. The van der Waals surface area contributed by atoms with Gasteiger partial charge in [-0.1, -0.05) is 43.3 Å². The van der Waals surface area contributed by atoms with E-state index < -0.39 is 5.41 Å². The fraction of sp³-hybridized carbons (Fsp3) is 0.400. The first kappa shape index (κ1) is 20.2. The molecule has 0 aliphatic heterocycles. The van der Waals surface area contributed by atoms with E-state index in [1.54, 1.807) is 0 Å². The molecule has 2 aromatic carbocycles. The first-order chi connectivity index (χ1) is 13.4. The Morgan fingerprint density at radius 3 is 2.64 bits per heavy atom. The summed E-state index contributed by atoms with van der Waals surface area (Å²) in [5.41, 5.74) is 6.09. The van der Waals surface area contributed by atoms with Crippen molar-refractivity contribution in [2.75, 3.05) is 13.2 Å². The van der Waals surface area contributed by atoms with E-state index in [1.807, 2.05) is 26.8 Å². The Balaban J connectivity index is 1.54. The summed E-state index contributed by atoms with van der Waals surface area (Å²) in [6.45, 7) is 8.88. The average Bonchev–Trinajstić information content (AvgIpc) is 3.12. The van der Waals surface area contributed by atoms with Crippen LogP contribution >= 0.6 is 0 Å². The van der Waals surface area contributed by atoms with Gasteiger partial charge in [0.2, 0.25) is 0 Å². The summed E-state index contributed by atoms with van der Waals surface area (Å²) in [6.07, 6.45) is 4.69. The molecule has 3 heteroatoms. The van der Waals surface area contributed by atoms with E-state index in [0.717, 1.165) is 18.6 Å². The number of benzene rings is 2. The predicted molar refractivity (Wildman–Crippen MR) is 114 cm³/mol. The van der Waals surface area contributed by atoms with Gasteiger partial charge >= 0.3 is 5.97 Å². The van der Waals surface area contributed by atoms with Gasteiger partial charge in [-0.15, -0.1) is 0 Å². The summed E-state index contributed by atoms with van der Waals surface area (Å²) in [5.74, 6) is 0.720. The minimum atomic E-state index is -0.417. The van der Waals surface area contributed by atoms with Gasteiger partial charge in [0.15, 0.2) is 0 Å². The van der Waals surface area contributed by atoms with Crippen LogP contribution in [0.3, 0.4) is 0 Å². The molecule has 28 heavy (non-hydrogen) atoms. The maximum atomic E-state index is 12.0. The minimum Gasteiger partial charge on any atom is -0.493 e. The van der Waals surface area contributed by atoms with Gasteiger partial charge in [-0.25, -0.2) is 0 Å². The van der Waals surface area contributed by atoms with Crippen LogP contribution in [0.15, 0.2) is 42.5 Å². The molecule has 0 fully saturated rings. The Morgan fingerprint density at radius 1 is 1.11 bits per heavy atom. The van der Waals surface area contributed by atoms with E-state index in [0.29, 0.717) is 19.6 Å². The Kier molecular flexibility index (Phi) is 6.23. The molecule has 0 aromatic heterocycles. The third-order valence-electron chi connectivity index (χ3n) is 5.55. The van der Waals surface area contributed by atoms with Crippen LogP contribution in [0.1, 0.15) is 55.9 Å². The Hall–Kier alpha value is -2.55. The van der Waals surface area contributed by atoms with Gasteiger partial charge < -0.3 is 9.47 Å². The largest absolute Gasteiger partial charge is 0.493 e. The standard InChI is InChI=1S/C25H30O3/c1-5-25(3,4)24(26)28-14-8-13-27-22-12-11-18(2)23(17-22)21-15-19-9-6-7-10-20(19)16-21/h6-7,9-12,15,17H,5,8,13-14,16H2,1-4H3. The molecule has 3 nitrogen and oxygen atoms in total. The lowest BCUT2D eigenvalue weighted by atomic mass is 9.91. The maximum Gasteiger partial charge on any atom is 0.311 e. The summed E-state index contributed by atoms with van der Waals surface area (Å²) in [6, 6.07) is 14.8. The van der Waals surface area contributed by atoms with Gasteiger partial charge in [-0.3, -0.25) is 4.79 Å². The SMILES string of the molecule is CCC(C)(C)C(=O)OCCCOc1ccc(C)c(C2=Cc3ccccc3C2)c1. The highest BCUT2D eigenvalue weighted by atomic mass is 16.5. The van der Waals surface area contributed by atoms with Crippen molar-refractivity contribution in [1.82, 2.24) is 0 Å². The molecule has 3 rings (SSSR count). The number of aryl methyl sites for hydroxylation is 1. The van der Waals surface area contributed by atoms with Crippen LogP contribution in [-0.2, 0) is 16.0 Å². The quantitative estimate of drug-likeness (QED) is 0.427. The van der Waals surface area contributed by atoms with E-state index in [2.05, 4.69) is 49.4 Å². The first-order valence-electron chi connectivity index (χ1n) is 10.1. The molecule has 0 amide bonds. The van der Waals surface area contributed by atoms with Crippen molar-refractivity contribution < 1.29 is 14.3 Å². The van der Waals surface area contributed by atoms with Crippen LogP contribution in [0.25, 0.3) is 11.6 Å². The number of rotatable bonds is 8. The zero-order valence-corrected chi connectivity index (χ0v) is 17.4. The average molecular weight is 379 g/mol. The molecule has 0 spiro atoms. The summed E-state index contributed by atoms with van der Waals surface area (Å²) < 4.78 is 11.3. The lowest BCUT2D eigenvalue weighted by Crippen LogP contribution is -2.26. The second kappa shape index (κ2) is 8.64. The smallest absolute Gasteiger partial charge is 0.311 e. The number of carbonyl (C=O) groups excluding carboxylic acids is 1. The fourth-order valence-electron chi connectivity index (χ4n) is 3.24. The summed E-state index contributed by atoms with van der Waals surface area (Å²) in [4.78, 5) is 12.0. The van der Waals surface area contributed by atoms with Crippen molar-refractivity contribution in [2.24, 2.45) is 5.41 Å². The van der Waals surface area contributed by atoms with Crippen LogP contribution in [0.5, 0.6) is 5.75 Å². The topological polar surface area (TPSA) is 35.5 Å². The Morgan fingerprint density at radius 2 is 1.89 bits per heavy atom. The number of esters is 1. The fourth-order valence-corrected chi connectivity index (χ4v) is 3.24. The van der Waals surface area contributed by atoms with Gasteiger partial charge in [0.05, 0.1) is 18.6 Å². The lowest BCUT2D eigenvalue weighted by molar-refractivity contribution is -0.154. The molecule has 148 valence electrons. The molecule has 0 saturated carbocycles. The highest BCUT2D eigenvalue weighted by Crippen LogP contribution is 2.34. The molecule has 0 unspecified atom stereocenters. The summed E-state index contributed by atoms with van der Waals surface area (Å²) >= 11 is 0. The number of hydrogen-bond donors (Lipinski definition) is 0. The number of hydrogen-bond acceptors (Lipinski definition) is 3. The zero-order valence-electron chi connectivity index (χ0n) is 17.4. The zero-order chi connectivity index (χ0) is 20.1. The molecule has 1 aliphatic carbocycles. The number of allylic oxidation sites excluding steroid dienone is 1. The van der Waals surface area contributed by atoms with Gasteiger partial charge in [0.1, 0.15) is 5.75 Å². The van der Waals surface area contributed by atoms with E-state index in [4.69, 9.17) is 9.47 Å². The van der Waals surface area contributed by atoms with Gasteiger partial charge in [0.25, 0.3) is 0 Å². The maximum absolute atomic E-state index is 12.0. The first-order valence-corrected chi connectivity index (χ1v) is 10.1. The molecule has 0 heterocycles. The second-order valence-corrected chi connectivity index (χ2v) is 8.10. The third-order valence-corrected chi connectivity index (χ3v) is 5.55. The highest BCUT2D eigenvalue weighted by molar-refractivity contribution is 5.89. The van der Waals surface area contributed by atoms with Crippen LogP contribution in [0.4, 0.5) is 0 Å². The lowest BCUT2D eigenvalue weighted by Gasteiger charge is -2.20. The molecule has 0 N–H and O–H groups in total. The second-order valence-electron chi connectivity index (χ2n) is 8.10. The highest BCUT2D eigenvalue weighted by Gasteiger charge is 2.26. The number of fused-ring (bicyclic) bond motifs is 1. The van der Waals surface area contributed by atoms with Crippen molar-refractivity contribution in [3.63, 3.8) is 0 Å². The predicted octanol–water partition coefficient (Wildman–Crippen LogP) is 5.84. The van der Waals surface area contributed by atoms with Crippen molar-refractivity contribution in [1.29, 1.82) is 0 Å². The number of carbonyl (C=O) groups is 1. The Bertz CT molecular complexity index is 877. The molecule has 0 saturated heterocycles. The molecule has 2 aromatic rings. The Labute approximate surface area is 168 Å². The van der Waals surface area contributed by atoms with Crippen molar-refractivity contribution in [3.8, 4) is 5.75 Å².